The monoisotopic (exact) mass is 553 g/mol. The van der Waals surface area contributed by atoms with E-state index in [0.29, 0.717) is 23.5 Å². The van der Waals surface area contributed by atoms with Crippen molar-refractivity contribution in [1.29, 1.82) is 0 Å². The number of carbonyl (C=O) groups excluding carboxylic acids is 1. The Labute approximate surface area is 218 Å². The van der Waals surface area contributed by atoms with E-state index in [2.05, 4.69) is 15.0 Å². The molecule has 2 N–H and O–H groups in total. The topological polar surface area (TPSA) is 97.4 Å². The van der Waals surface area contributed by atoms with Gasteiger partial charge in [0.15, 0.2) is 0 Å². The van der Waals surface area contributed by atoms with Crippen molar-refractivity contribution in [1.82, 2.24) is 15.0 Å². The van der Waals surface area contributed by atoms with Gasteiger partial charge in [0.2, 0.25) is 15.9 Å². The fourth-order valence-corrected chi connectivity index (χ4v) is 4.17. The molecule has 3 rings (SSSR count). The maximum absolute atomic E-state index is 14.5. The van der Waals surface area contributed by atoms with E-state index in [0.717, 1.165) is 18.4 Å². The first-order valence-electron chi connectivity index (χ1n) is 11.6. The van der Waals surface area contributed by atoms with E-state index in [1.165, 1.54) is 25.1 Å². The van der Waals surface area contributed by atoms with Gasteiger partial charge in [-0.05, 0) is 61.4 Å². The van der Waals surface area contributed by atoms with E-state index in [1.807, 2.05) is 0 Å². The van der Waals surface area contributed by atoms with Crippen molar-refractivity contribution in [3.63, 3.8) is 0 Å². The number of alkyl halides is 3. The number of nitrogens with one attached hydrogen (secondary N) is 2. The van der Waals surface area contributed by atoms with Gasteiger partial charge in [0.25, 0.3) is 0 Å². The summed E-state index contributed by atoms with van der Waals surface area (Å²) in [5, 5.41) is 2.67. The predicted octanol–water partition coefficient (Wildman–Crippen LogP) is 4.77. The van der Waals surface area contributed by atoms with Crippen molar-refractivity contribution in [2.75, 3.05) is 12.9 Å². The third kappa shape index (κ3) is 7.51. The number of benzene rings is 2. The summed E-state index contributed by atoms with van der Waals surface area (Å²) in [5.74, 6) is -1.56. The van der Waals surface area contributed by atoms with Crippen LogP contribution < -0.4 is 14.8 Å². The molecule has 12 heteroatoms. The molecule has 0 bridgehead atoms. The van der Waals surface area contributed by atoms with Crippen molar-refractivity contribution < 1.29 is 35.5 Å². The molecule has 7 nitrogen and oxygen atoms in total. The molecule has 0 fully saturated rings. The first-order valence-corrected chi connectivity index (χ1v) is 13.5. The molecule has 1 atom stereocenters. The predicted molar refractivity (Wildman–Crippen MR) is 134 cm³/mol. The SMILES string of the molecule is CCOc1ccc(-c2nc(C(F)(F)F)ccc2CNC(=O)C(C)c2cccc(F)c2CNS(C)(=O)=O)cc1. The molecule has 38 heavy (non-hydrogen) atoms. The van der Waals surface area contributed by atoms with Crippen LogP contribution in [0.5, 0.6) is 5.75 Å². The highest BCUT2D eigenvalue weighted by molar-refractivity contribution is 7.88. The molecular formula is C26H27F4N3O4S. The number of pyridine rings is 1. The molecule has 204 valence electrons. The molecule has 0 aliphatic rings. The summed E-state index contributed by atoms with van der Waals surface area (Å²) in [6, 6.07) is 12.5. The fraction of sp³-hybridized carbons (Fsp3) is 0.308. The summed E-state index contributed by atoms with van der Waals surface area (Å²) in [4.78, 5) is 16.8. The zero-order chi connectivity index (χ0) is 28.1. The van der Waals surface area contributed by atoms with Crippen molar-refractivity contribution in [3.8, 4) is 17.0 Å². The quantitative estimate of drug-likeness (QED) is 0.353. The number of halogens is 4. The van der Waals surface area contributed by atoms with Crippen molar-refractivity contribution in [2.45, 2.75) is 39.0 Å². The molecular weight excluding hydrogens is 526 g/mol. The summed E-state index contributed by atoms with van der Waals surface area (Å²) < 4.78 is 85.1. The Morgan fingerprint density at radius 1 is 1.05 bits per heavy atom. The Balaban J connectivity index is 1.86. The molecule has 0 saturated heterocycles. The zero-order valence-electron chi connectivity index (χ0n) is 20.9. The van der Waals surface area contributed by atoms with Gasteiger partial charge in [-0.1, -0.05) is 18.2 Å². The normalized spacial score (nSPS) is 12.7. The number of sulfonamides is 1. The first-order chi connectivity index (χ1) is 17.8. The zero-order valence-corrected chi connectivity index (χ0v) is 21.7. The van der Waals surface area contributed by atoms with Crippen LogP contribution in [-0.4, -0.2) is 32.2 Å². The number of amides is 1. The summed E-state index contributed by atoms with van der Waals surface area (Å²) in [6.07, 6.45) is -3.73. The van der Waals surface area contributed by atoms with Crippen LogP contribution in [0.15, 0.2) is 54.6 Å². The highest BCUT2D eigenvalue weighted by Crippen LogP contribution is 2.32. The number of hydrogen-bond donors (Lipinski definition) is 2. The van der Waals surface area contributed by atoms with Gasteiger partial charge >= 0.3 is 6.18 Å². The summed E-state index contributed by atoms with van der Waals surface area (Å²) >= 11 is 0. The standard InChI is InChI=1S/C26H27F4N3O4S/c1-4-37-19-11-8-17(9-12-19)24-18(10-13-23(33-24)26(28,29)30)14-31-25(34)16(2)20-6-5-7-22(27)21(20)15-32-38(3,35)36/h5-13,16,32H,4,14-15H2,1-3H3,(H,31,34). The minimum absolute atomic E-state index is 0.0202. The van der Waals surface area contributed by atoms with Crippen LogP contribution >= 0.6 is 0 Å². The average Bonchev–Trinajstić information content (AvgIpc) is 2.85. The lowest BCUT2D eigenvalue weighted by atomic mass is 9.94. The number of nitrogens with zero attached hydrogens (tertiary/aromatic N) is 1. The average molecular weight is 554 g/mol. The minimum atomic E-state index is -4.66. The number of aromatic nitrogens is 1. The second-order valence-corrected chi connectivity index (χ2v) is 10.3. The smallest absolute Gasteiger partial charge is 0.433 e. The van der Waals surface area contributed by atoms with Crippen molar-refractivity contribution in [2.24, 2.45) is 0 Å². The Kier molecular flexibility index (Phi) is 9.10. The minimum Gasteiger partial charge on any atom is -0.494 e. The van der Waals surface area contributed by atoms with Crippen LogP contribution in [0.1, 0.15) is 42.1 Å². The van der Waals surface area contributed by atoms with Crippen LogP contribution in [0.4, 0.5) is 17.6 Å². The number of rotatable bonds is 10. The van der Waals surface area contributed by atoms with Gasteiger partial charge < -0.3 is 10.1 Å². The molecule has 1 heterocycles. The Hall–Kier alpha value is -3.51. The summed E-state index contributed by atoms with van der Waals surface area (Å²) in [7, 11) is -3.61. The number of carbonyl (C=O) groups is 1. The fourth-order valence-electron chi connectivity index (χ4n) is 3.76. The first kappa shape index (κ1) is 29.1. The van der Waals surface area contributed by atoms with Gasteiger partial charge in [0, 0.05) is 24.2 Å². The number of ether oxygens (including phenoxy) is 1. The van der Waals surface area contributed by atoms with Gasteiger partial charge in [-0.3, -0.25) is 4.79 Å². The lowest BCUT2D eigenvalue weighted by Gasteiger charge is -2.18. The van der Waals surface area contributed by atoms with Gasteiger partial charge in [0.05, 0.1) is 24.5 Å². The molecule has 1 unspecified atom stereocenters. The third-order valence-electron chi connectivity index (χ3n) is 5.69. The largest absolute Gasteiger partial charge is 0.494 e. The second kappa shape index (κ2) is 11.9. The van der Waals surface area contributed by atoms with Gasteiger partial charge in [-0.25, -0.2) is 22.5 Å². The molecule has 0 aliphatic carbocycles. The van der Waals surface area contributed by atoms with E-state index in [1.54, 1.807) is 31.2 Å². The third-order valence-corrected chi connectivity index (χ3v) is 6.36. The van der Waals surface area contributed by atoms with Gasteiger partial charge in [-0.15, -0.1) is 0 Å². The second-order valence-electron chi connectivity index (χ2n) is 8.50. The maximum Gasteiger partial charge on any atom is 0.433 e. The highest BCUT2D eigenvalue weighted by atomic mass is 32.2. The molecule has 1 aromatic heterocycles. The van der Waals surface area contributed by atoms with E-state index < -0.39 is 39.5 Å². The summed E-state index contributed by atoms with van der Waals surface area (Å²) in [6.45, 7) is 3.26. The summed E-state index contributed by atoms with van der Waals surface area (Å²) in [5.41, 5.74) is -0.00736. The molecule has 0 saturated carbocycles. The van der Waals surface area contributed by atoms with Gasteiger partial charge in [-0.2, -0.15) is 13.2 Å². The Morgan fingerprint density at radius 3 is 2.34 bits per heavy atom. The van der Waals surface area contributed by atoms with Gasteiger partial charge in [0.1, 0.15) is 17.3 Å². The van der Waals surface area contributed by atoms with E-state index in [-0.39, 0.29) is 29.9 Å². The van der Waals surface area contributed by atoms with E-state index in [4.69, 9.17) is 4.74 Å². The van der Waals surface area contributed by atoms with Crippen LogP contribution in [0.2, 0.25) is 0 Å². The van der Waals surface area contributed by atoms with Crippen LogP contribution in [0, 0.1) is 5.82 Å². The molecule has 0 radical (unpaired) electrons. The van der Waals surface area contributed by atoms with Crippen LogP contribution in [0.3, 0.4) is 0 Å². The molecule has 3 aromatic rings. The molecule has 2 aromatic carbocycles. The van der Waals surface area contributed by atoms with E-state index in [9.17, 15) is 30.8 Å². The molecule has 0 spiro atoms. The van der Waals surface area contributed by atoms with E-state index >= 15 is 0 Å². The Bertz CT molecular complexity index is 1390. The van der Waals surface area contributed by atoms with Crippen molar-refractivity contribution >= 4 is 15.9 Å². The van der Waals surface area contributed by atoms with Crippen LogP contribution in [-0.2, 0) is 34.1 Å². The molecule has 1 amide bonds. The maximum atomic E-state index is 14.5. The molecule has 0 aliphatic heterocycles. The lowest BCUT2D eigenvalue weighted by molar-refractivity contribution is -0.141. The Morgan fingerprint density at radius 2 is 1.74 bits per heavy atom. The highest BCUT2D eigenvalue weighted by Gasteiger charge is 2.33. The van der Waals surface area contributed by atoms with Crippen LogP contribution in [0.25, 0.3) is 11.3 Å². The number of hydrogen-bond acceptors (Lipinski definition) is 5. The van der Waals surface area contributed by atoms with Crippen molar-refractivity contribution in [3.05, 3.63) is 82.8 Å². The lowest BCUT2D eigenvalue weighted by Crippen LogP contribution is -2.29.